The number of ether oxygens (including phenoxy) is 1. The van der Waals surface area contributed by atoms with E-state index in [1.807, 2.05) is 67.6 Å². The molecule has 2 nitrogen and oxygen atoms in total. The molecule has 0 radical (unpaired) electrons. The van der Waals surface area contributed by atoms with Gasteiger partial charge in [-0.3, -0.25) is 0 Å². The Bertz CT molecular complexity index is 492. The maximum atomic E-state index is 5.11. The molecule has 1 rings (SSSR count). The van der Waals surface area contributed by atoms with Crippen LogP contribution >= 0.6 is 0 Å². The number of methoxy groups -OCH3 is 1. The molecule has 2 heteroatoms. The van der Waals surface area contributed by atoms with Crippen LogP contribution in [0.25, 0.3) is 6.08 Å². The summed E-state index contributed by atoms with van der Waals surface area (Å²) in [6.45, 7) is 7.90. The first-order chi connectivity index (χ1) is 9.02. The number of hydrogen-bond acceptors (Lipinski definition) is 2. The van der Waals surface area contributed by atoms with Crippen molar-refractivity contribution < 1.29 is 4.74 Å². The molecule has 0 aromatic heterocycles. The maximum Gasteiger partial charge on any atom is 0.118 e. The number of hydrogen-bond donors (Lipinski definition) is 0. The first-order valence-electron chi connectivity index (χ1n) is 6.08. The Balaban J connectivity index is 2.60. The highest BCUT2D eigenvalue weighted by molar-refractivity contribution is 5.55. The average molecular weight is 255 g/mol. The van der Waals surface area contributed by atoms with Crippen molar-refractivity contribution in [1.82, 2.24) is 4.90 Å². The van der Waals surface area contributed by atoms with Crippen molar-refractivity contribution in [3.63, 3.8) is 0 Å². The van der Waals surface area contributed by atoms with Crippen molar-refractivity contribution in [2.75, 3.05) is 21.2 Å². The number of rotatable bonds is 6. The van der Waals surface area contributed by atoms with Gasteiger partial charge in [0.1, 0.15) is 5.75 Å². The molecule has 1 aromatic carbocycles. The molecular formula is C17H21NO. The molecule has 0 amide bonds. The highest BCUT2D eigenvalue weighted by atomic mass is 16.5. The molecule has 0 heterocycles. The van der Waals surface area contributed by atoms with Crippen LogP contribution in [-0.2, 0) is 0 Å². The number of nitrogens with zero attached hydrogens (tertiary/aromatic N) is 1. The van der Waals surface area contributed by atoms with Gasteiger partial charge in [-0.15, -0.1) is 0 Å². The highest BCUT2D eigenvalue weighted by Gasteiger charge is 1.91. The number of likely N-dealkylation sites (N-methyl/N-ethyl adjacent to an activating group) is 1. The minimum atomic E-state index is 0.859. The lowest BCUT2D eigenvalue weighted by molar-refractivity contribution is 0.415. The fourth-order valence-electron chi connectivity index (χ4n) is 1.33. The second-order valence-electron chi connectivity index (χ2n) is 4.40. The summed E-state index contributed by atoms with van der Waals surface area (Å²) in [5, 5.41) is 0. The van der Waals surface area contributed by atoms with Gasteiger partial charge in [0.2, 0.25) is 0 Å². The first-order valence-corrected chi connectivity index (χ1v) is 6.08. The van der Waals surface area contributed by atoms with Gasteiger partial charge in [0.25, 0.3) is 0 Å². The van der Waals surface area contributed by atoms with Gasteiger partial charge in [-0.25, -0.2) is 0 Å². The molecule has 0 fully saturated rings. The Labute approximate surface area is 116 Å². The van der Waals surface area contributed by atoms with Gasteiger partial charge in [0.05, 0.1) is 7.11 Å². The van der Waals surface area contributed by atoms with Crippen LogP contribution in [-0.4, -0.2) is 26.1 Å². The van der Waals surface area contributed by atoms with Crippen LogP contribution in [0.15, 0.2) is 66.9 Å². The summed E-state index contributed by atoms with van der Waals surface area (Å²) in [4.78, 5) is 1.96. The molecule has 1 aromatic rings. The third-order valence-corrected chi connectivity index (χ3v) is 2.67. The normalized spacial score (nSPS) is 10.9. The molecule has 0 aliphatic carbocycles. The molecule has 0 atom stereocenters. The number of benzene rings is 1. The lowest BCUT2D eigenvalue weighted by atomic mass is 10.1. The molecule has 0 saturated carbocycles. The van der Waals surface area contributed by atoms with E-state index >= 15 is 0 Å². The third kappa shape index (κ3) is 5.30. The monoisotopic (exact) mass is 255 g/mol. The Hall–Kier alpha value is -2.22. The van der Waals surface area contributed by atoms with E-state index in [0.29, 0.717) is 0 Å². The molecule has 0 aliphatic heterocycles. The third-order valence-electron chi connectivity index (χ3n) is 2.67. The van der Waals surface area contributed by atoms with Crippen LogP contribution < -0.4 is 4.74 Å². The second kappa shape index (κ2) is 7.27. The van der Waals surface area contributed by atoms with Crippen LogP contribution in [0.3, 0.4) is 0 Å². The van der Waals surface area contributed by atoms with Gasteiger partial charge >= 0.3 is 0 Å². The van der Waals surface area contributed by atoms with E-state index in [-0.39, 0.29) is 0 Å². The van der Waals surface area contributed by atoms with Gasteiger partial charge in [-0.1, -0.05) is 43.5 Å². The lowest BCUT2D eigenvalue weighted by Crippen LogP contribution is -2.07. The van der Waals surface area contributed by atoms with E-state index in [4.69, 9.17) is 4.74 Å². The van der Waals surface area contributed by atoms with Crippen molar-refractivity contribution >= 4 is 6.08 Å². The zero-order chi connectivity index (χ0) is 14.3. The average Bonchev–Trinajstić information content (AvgIpc) is 2.42. The predicted octanol–water partition coefficient (Wildman–Crippen LogP) is 3.90. The van der Waals surface area contributed by atoms with Gasteiger partial charge in [-0.05, 0) is 29.3 Å². The predicted molar refractivity (Wildman–Crippen MR) is 83.1 cm³/mol. The summed E-state index contributed by atoms with van der Waals surface area (Å²) in [5.74, 6) is 0.859. The smallest absolute Gasteiger partial charge is 0.118 e. The van der Waals surface area contributed by atoms with Crippen molar-refractivity contribution in [2.24, 2.45) is 0 Å². The molecule has 19 heavy (non-hydrogen) atoms. The summed E-state index contributed by atoms with van der Waals surface area (Å²) in [6, 6.07) is 7.88. The molecule has 0 saturated heterocycles. The van der Waals surface area contributed by atoms with Crippen LogP contribution in [0, 0.1) is 0 Å². The fourth-order valence-corrected chi connectivity index (χ4v) is 1.33. The maximum absolute atomic E-state index is 5.11. The first kappa shape index (κ1) is 14.8. The Morgan fingerprint density at radius 1 is 1.05 bits per heavy atom. The molecule has 0 unspecified atom stereocenters. The second-order valence-corrected chi connectivity index (χ2v) is 4.40. The van der Waals surface area contributed by atoms with Crippen LogP contribution in [0.2, 0.25) is 0 Å². The van der Waals surface area contributed by atoms with Gasteiger partial charge in [0.15, 0.2) is 0 Å². The summed E-state index contributed by atoms with van der Waals surface area (Å²) < 4.78 is 5.11. The Morgan fingerprint density at radius 3 is 2.21 bits per heavy atom. The molecule has 0 spiro atoms. The van der Waals surface area contributed by atoms with Gasteiger partial charge in [-0.2, -0.15) is 0 Å². The van der Waals surface area contributed by atoms with Crippen molar-refractivity contribution in [3.8, 4) is 5.75 Å². The summed E-state index contributed by atoms with van der Waals surface area (Å²) >= 11 is 0. The Kier molecular flexibility index (Phi) is 5.68. The van der Waals surface area contributed by atoms with Crippen LogP contribution in [0.1, 0.15) is 5.56 Å². The zero-order valence-corrected chi connectivity index (χ0v) is 11.9. The van der Waals surface area contributed by atoms with Crippen LogP contribution in [0.5, 0.6) is 5.75 Å². The SMILES string of the molecule is C=C(/C=C\C(=C)N(C)C)/C=C/c1ccc(OC)cc1. The van der Waals surface area contributed by atoms with E-state index in [2.05, 4.69) is 13.2 Å². The van der Waals surface area contributed by atoms with Crippen molar-refractivity contribution in [1.29, 1.82) is 0 Å². The molecule has 100 valence electrons. The van der Waals surface area contributed by atoms with Crippen LogP contribution in [0.4, 0.5) is 0 Å². The highest BCUT2D eigenvalue weighted by Crippen LogP contribution is 2.13. The van der Waals surface area contributed by atoms with E-state index in [0.717, 1.165) is 22.6 Å². The van der Waals surface area contributed by atoms with Crippen molar-refractivity contribution in [2.45, 2.75) is 0 Å². The molecule has 0 aliphatic rings. The minimum absolute atomic E-state index is 0.859. The summed E-state index contributed by atoms with van der Waals surface area (Å²) in [5.41, 5.74) is 2.99. The molecular weight excluding hydrogens is 234 g/mol. The summed E-state index contributed by atoms with van der Waals surface area (Å²) in [7, 11) is 5.58. The fraction of sp³-hybridized carbons (Fsp3) is 0.176. The topological polar surface area (TPSA) is 12.5 Å². The van der Waals surface area contributed by atoms with E-state index < -0.39 is 0 Å². The van der Waals surface area contributed by atoms with Crippen molar-refractivity contribution in [3.05, 3.63) is 72.5 Å². The number of allylic oxidation sites excluding steroid dienone is 4. The summed E-state index contributed by atoms with van der Waals surface area (Å²) in [6.07, 6.45) is 7.88. The van der Waals surface area contributed by atoms with E-state index in [1.54, 1.807) is 7.11 Å². The standard InChI is InChI=1S/C17H21NO/c1-14(6-8-15(2)18(3)4)7-9-16-10-12-17(19-5)13-11-16/h6-13H,1-2H2,3-5H3/b8-6-,9-7+. The largest absolute Gasteiger partial charge is 0.497 e. The van der Waals surface area contributed by atoms with Gasteiger partial charge < -0.3 is 9.64 Å². The zero-order valence-electron chi connectivity index (χ0n) is 11.9. The lowest BCUT2D eigenvalue weighted by Gasteiger charge is -2.10. The quantitative estimate of drug-likeness (QED) is 0.715. The van der Waals surface area contributed by atoms with E-state index in [1.165, 1.54) is 0 Å². The van der Waals surface area contributed by atoms with E-state index in [9.17, 15) is 0 Å². The van der Waals surface area contributed by atoms with Gasteiger partial charge in [0, 0.05) is 19.8 Å². The molecule has 0 bridgehead atoms. The Morgan fingerprint density at radius 2 is 1.68 bits per heavy atom. The molecule has 0 N–H and O–H groups in total. The minimum Gasteiger partial charge on any atom is -0.497 e.